The maximum absolute atomic E-state index is 13.2. The number of carbonyl (C=O) groups excluding carboxylic acids is 2. The number of hydrogen-bond acceptors (Lipinski definition) is 4. The Morgan fingerprint density at radius 2 is 1.33 bits per heavy atom. The van der Waals surface area contributed by atoms with Crippen molar-refractivity contribution in [1.29, 1.82) is 0 Å². The van der Waals surface area contributed by atoms with Gasteiger partial charge in [-0.25, -0.2) is 9.59 Å². The summed E-state index contributed by atoms with van der Waals surface area (Å²) in [5.41, 5.74) is 4.85. The molecule has 0 radical (unpaired) electrons. The molecule has 0 aliphatic heterocycles. The zero-order valence-corrected chi connectivity index (χ0v) is 30.4. The minimum Gasteiger partial charge on any atom is -0.462 e. The molecule has 4 heteroatoms. The normalized spacial score (nSPS) is 39.7. The van der Waals surface area contributed by atoms with Crippen LogP contribution in [0.1, 0.15) is 127 Å². The Hall–Kier alpha value is -3.14. The maximum atomic E-state index is 13.2. The predicted molar refractivity (Wildman–Crippen MR) is 191 cm³/mol. The molecular weight excluding hydrogens is 592 g/mol. The van der Waals surface area contributed by atoms with E-state index in [1.54, 1.807) is 11.1 Å². The molecule has 7 rings (SSSR count). The van der Waals surface area contributed by atoms with Gasteiger partial charge in [-0.3, -0.25) is 0 Å². The average Bonchev–Trinajstić information content (AvgIpc) is 3.07. The van der Waals surface area contributed by atoms with Gasteiger partial charge in [0.25, 0.3) is 0 Å². The van der Waals surface area contributed by atoms with Crippen LogP contribution < -0.4 is 0 Å². The number of benzene rings is 2. The van der Waals surface area contributed by atoms with Crippen LogP contribution in [0.3, 0.4) is 0 Å². The molecule has 2 aromatic rings. The van der Waals surface area contributed by atoms with Crippen molar-refractivity contribution >= 4 is 11.9 Å². The summed E-state index contributed by atoms with van der Waals surface area (Å²) in [6.45, 7) is 17.8. The first-order valence-electron chi connectivity index (χ1n) is 18.6. The highest BCUT2D eigenvalue weighted by molar-refractivity contribution is 5.89. The number of esters is 2. The first-order valence-corrected chi connectivity index (χ1v) is 18.6. The topological polar surface area (TPSA) is 52.6 Å². The number of rotatable bonds is 5. The third kappa shape index (κ3) is 5.06. The Labute approximate surface area is 288 Å². The number of allylic oxidation sites excluding steroid dienone is 4. The molecule has 48 heavy (non-hydrogen) atoms. The van der Waals surface area contributed by atoms with E-state index in [9.17, 15) is 9.59 Å². The summed E-state index contributed by atoms with van der Waals surface area (Å²) in [6, 6.07) is 18.9. The number of fused-ring (bicyclic) bond motifs is 7. The summed E-state index contributed by atoms with van der Waals surface area (Å²) in [4.78, 5) is 26.1. The SMILES string of the molecule is CC1(C)[C@@H](OC(=O)c2ccccc2)CC[C@@]2(C)C3=CC[C@]4(C)[C@H]5C[C@@](C)(COC(=O)c6ccccc6)CC[C@@]5(C)CC[C@@]4(C)C3=CC[C@H]12. The molecule has 256 valence electrons. The first kappa shape index (κ1) is 33.4. The minimum absolute atomic E-state index is 0.0303. The Kier molecular flexibility index (Phi) is 7.96. The molecule has 0 unspecified atom stereocenters. The van der Waals surface area contributed by atoms with Crippen LogP contribution in [0.15, 0.2) is 84.0 Å². The summed E-state index contributed by atoms with van der Waals surface area (Å²) in [7, 11) is 0. The minimum atomic E-state index is -0.210. The van der Waals surface area contributed by atoms with Crippen molar-refractivity contribution in [3.63, 3.8) is 0 Å². The third-order valence-electron chi connectivity index (χ3n) is 15.1. The number of ether oxygens (including phenoxy) is 2. The maximum Gasteiger partial charge on any atom is 0.338 e. The van der Waals surface area contributed by atoms with Crippen LogP contribution >= 0.6 is 0 Å². The van der Waals surface area contributed by atoms with Gasteiger partial charge in [0.15, 0.2) is 0 Å². The Bertz CT molecular complexity index is 1640. The fraction of sp³-hybridized carbons (Fsp3) is 0.591. The van der Waals surface area contributed by atoms with Crippen molar-refractivity contribution in [2.75, 3.05) is 6.61 Å². The van der Waals surface area contributed by atoms with E-state index in [0.717, 1.165) is 38.5 Å². The van der Waals surface area contributed by atoms with E-state index in [1.807, 2.05) is 60.7 Å². The standard InChI is InChI=1S/C44H56O4/c1-39(2)34-19-18-33-32(42(34,5)22-21-36(39)48-38(46)31-16-12-9-13-17-31)20-23-44(7)35-28-40(3,24-25-41(35,4)26-27-43(33,44)6)29-47-37(45)30-14-10-8-11-15-30/h8-18,20,34-36H,19,21-29H2,1-7H3/t34-,35+,36+,40+,41+,42+,43+,44-/m1/s1. The lowest BCUT2D eigenvalue weighted by Crippen LogP contribution is -2.61. The molecule has 8 atom stereocenters. The van der Waals surface area contributed by atoms with Gasteiger partial charge < -0.3 is 9.47 Å². The van der Waals surface area contributed by atoms with Gasteiger partial charge in [0, 0.05) is 10.8 Å². The van der Waals surface area contributed by atoms with E-state index >= 15 is 0 Å². The summed E-state index contributed by atoms with van der Waals surface area (Å²) in [6.07, 6.45) is 15.1. The van der Waals surface area contributed by atoms with Crippen LogP contribution in [-0.4, -0.2) is 24.6 Å². The predicted octanol–water partition coefficient (Wildman–Crippen LogP) is 10.8. The zero-order valence-electron chi connectivity index (χ0n) is 30.4. The number of carbonyl (C=O) groups is 2. The van der Waals surface area contributed by atoms with Crippen LogP contribution in [0.2, 0.25) is 0 Å². The molecule has 3 saturated carbocycles. The molecular formula is C44H56O4. The van der Waals surface area contributed by atoms with Crippen molar-refractivity contribution in [3.05, 3.63) is 95.1 Å². The fourth-order valence-electron chi connectivity index (χ4n) is 11.7. The van der Waals surface area contributed by atoms with Crippen molar-refractivity contribution in [1.82, 2.24) is 0 Å². The monoisotopic (exact) mass is 648 g/mol. The second kappa shape index (κ2) is 11.5. The van der Waals surface area contributed by atoms with Crippen molar-refractivity contribution in [2.24, 2.45) is 44.3 Å². The average molecular weight is 649 g/mol. The van der Waals surface area contributed by atoms with Crippen LogP contribution in [0.4, 0.5) is 0 Å². The van der Waals surface area contributed by atoms with E-state index in [4.69, 9.17) is 9.47 Å². The Morgan fingerprint density at radius 1 is 0.708 bits per heavy atom. The van der Waals surface area contributed by atoms with Crippen LogP contribution in [0.5, 0.6) is 0 Å². The summed E-state index contributed by atoms with van der Waals surface area (Å²) in [5.74, 6) is 0.537. The molecule has 3 fully saturated rings. The highest BCUT2D eigenvalue weighted by Crippen LogP contribution is 2.74. The molecule has 2 aromatic carbocycles. The molecule has 0 aromatic heterocycles. The third-order valence-corrected chi connectivity index (χ3v) is 15.1. The summed E-state index contributed by atoms with van der Waals surface area (Å²) < 4.78 is 12.3. The van der Waals surface area contributed by atoms with Gasteiger partial charge in [-0.05, 0) is 127 Å². The Balaban J connectivity index is 1.14. The largest absolute Gasteiger partial charge is 0.462 e. The van der Waals surface area contributed by atoms with E-state index in [-0.39, 0.29) is 45.1 Å². The summed E-state index contributed by atoms with van der Waals surface area (Å²) in [5, 5.41) is 0. The second-order valence-corrected chi connectivity index (χ2v) is 18.2. The van der Waals surface area contributed by atoms with Crippen LogP contribution in [0.25, 0.3) is 0 Å². The Morgan fingerprint density at radius 3 is 2.00 bits per heavy atom. The zero-order chi connectivity index (χ0) is 34.2. The van der Waals surface area contributed by atoms with E-state index in [0.29, 0.717) is 35.0 Å². The van der Waals surface area contributed by atoms with Gasteiger partial charge in [-0.15, -0.1) is 0 Å². The number of hydrogen-bond donors (Lipinski definition) is 0. The van der Waals surface area contributed by atoms with Gasteiger partial charge in [0.1, 0.15) is 6.10 Å². The quantitative estimate of drug-likeness (QED) is 0.303. The van der Waals surface area contributed by atoms with Crippen LogP contribution in [-0.2, 0) is 9.47 Å². The van der Waals surface area contributed by atoms with Crippen LogP contribution in [0, 0.1) is 44.3 Å². The van der Waals surface area contributed by atoms with Crippen molar-refractivity contribution < 1.29 is 19.1 Å². The molecule has 0 amide bonds. The highest BCUT2D eigenvalue weighted by Gasteiger charge is 2.66. The van der Waals surface area contributed by atoms with E-state index in [1.165, 1.54) is 19.3 Å². The van der Waals surface area contributed by atoms with Gasteiger partial charge >= 0.3 is 11.9 Å². The molecule has 5 aliphatic rings. The second-order valence-electron chi connectivity index (χ2n) is 18.2. The fourth-order valence-corrected chi connectivity index (χ4v) is 11.7. The lowest BCUT2D eigenvalue weighted by atomic mass is 9.36. The lowest BCUT2D eigenvalue weighted by molar-refractivity contribution is -0.150. The molecule has 0 bridgehead atoms. The molecule has 0 N–H and O–H groups in total. The first-order chi connectivity index (χ1) is 22.7. The van der Waals surface area contributed by atoms with E-state index < -0.39 is 0 Å². The molecule has 0 spiro atoms. The molecule has 4 nitrogen and oxygen atoms in total. The van der Waals surface area contributed by atoms with Crippen molar-refractivity contribution in [3.8, 4) is 0 Å². The molecule has 5 aliphatic carbocycles. The van der Waals surface area contributed by atoms with E-state index in [2.05, 4.69) is 60.6 Å². The highest BCUT2D eigenvalue weighted by atomic mass is 16.5. The lowest BCUT2D eigenvalue weighted by Gasteiger charge is -2.69. The van der Waals surface area contributed by atoms with Gasteiger partial charge in [-0.2, -0.15) is 0 Å². The van der Waals surface area contributed by atoms with Gasteiger partial charge in [0.2, 0.25) is 0 Å². The molecule has 0 saturated heterocycles. The summed E-state index contributed by atoms with van der Waals surface area (Å²) >= 11 is 0. The van der Waals surface area contributed by atoms with Gasteiger partial charge in [0.05, 0.1) is 17.7 Å². The smallest absolute Gasteiger partial charge is 0.338 e. The molecule has 0 heterocycles. The van der Waals surface area contributed by atoms with Gasteiger partial charge in [-0.1, -0.05) is 97.0 Å². The van der Waals surface area contributed by atoms with Crippen molar-refractivity contribution in [2.45, 2.75) is 112 Å².